The molecule has 2 aromatic rings. The topological polar surface area (TPSA) is 84.6 Å². The molecule has 0 saturated heterocycles. The normalized spacial score (nSPS) is 11.9. The molecule has 1 atom stereocenters. The predicted molar refractivity (Wildman–Crippen MR) is 79.9 cm³/mol. The van der Waals surface area contributed by atoms with E-state index in [2.05, 4.69) is 5.32 Å². The van der Waals surface area contributed by atoms with E-state index in [1.807, 2.05) is 30.3 Å². The van der Waals surface area contributed by atoms with Gasteiger partial charge in [-0.25, -0.2) is 0 Å². The lowest BCUT2D eigenvalue weighted by Crippen LogP contribution is -2.33. The number of hydrogen-bond acceptors (Lipinski definition) is 4. The van der Waals surface area contributed by atoms with Gasteiger partial charge in [-0.05, 0) is 23.3 Å². The fraction of sp³-hybridized carbons (Fsp3) is 0.188. The van der Waals surface area contributed by atoms with E-state index in [1.165, 1.54) is 13.2 Å². The summed E-state index contributed by atoms with van der Waals surface area (Å²) in [5.74, 6) is -0.161. The zero-order valence-electron chi connectivity index (χ0n) is 11.7. The maximum Gasteiger partial charge on any atom is 0.239 e. The first kappa shape index (κ1) is 14.9. The monoisotopic (exact) mass is 286 g/mol. The number of amides is 1. The number of ether oxygens (including phenoxy) is 1. The van der Waals surface area contributed by atoms with Crippen molar-refractivity contribution in [2.24, 2.45) is 5.73 Å². The van der Waals surface area contributed by atoms with Crippen LogP contribution in [-0.4, -0.2) is 18.1 Å². The lowest BCUT2D eigenvalue weighted by Gasteiger charge is -2.17. The highest BCUT2D eigenvalue weighted by Gasteiger charge is 2.18. The van der Waals surface area contributed by atoms with E-state index in [9.17, 15) is 9.90 Å². The van der Waals surface area contributed by atoms with Crippen LogP contribution in [0.15, 0.2) is 48.5 Å². The molecule has 5 heteroatoms. The summed E-state index contributed by atoms with van der Waals surface area (Å²) >= 11 is 0. The molecule has 0 aliphatic carbocycles. The highest BCUT2D eigenvalue weighted by molar-refractivity contribution is 5.81. The smallest absolute Gasteiger partial charge is 0.239 e. The molecule has 0 saturated carbocycles. The Bertz CT molecular complexity index is 614. The Morgan fingerprint density at radius 1 is 1.29 bits per heavy atom. The highest BCUT2D eigenvalue weighted by atomic mass is 16.5. The number of nitrogens with two attached hydrogens (primary N) is 1. The minimum atomic E-state index is -0.653. The summed E-state index contributed by atoms with van der Waals surface area (Å²) in [5, 5.41) is 12.7. The summed E-state index contributed by atoms with van der Waals surface area (Å²) in [6.07, 6.45) is 0. The number of phenols is 1. The molecule has 1 amide bonds. The SMILES string of the molecule is COc1cc(C(NCc2ccccc2)C(N)=O)ccc1O. The van der Waals surface area contributed by atoms with Gasteiger partial charge in [0.1, 0.15) is 6.04 Å². The van der Waals surface area contributed by atoms with Crippen molar-refractivity contribution in [3.63, 3.8) is 0 Å². The van der Waals surface area contributed by atoms with Crippen LogP contribution >= 0.6 is 0 Å². The van der Waals surface area contributed by atoms with Crippen molar-refractivity contribution in [3.05, 3.63) is 59.7 Å². The summed E-state index contributed by atoms with van der Waals surface area (Å²) in [5.41, 5.74) is 7.15. The van der Waals surface area contributed by atoms with Crippen LogP contribution in [-0.2, 0) is 11.3 Å². The summed E-state index contributed by atoms with van der Waals surface area (Å²) in [6, 6.07) is 13.8. The highest BCUT2D eigenvalue weighted by Crippen LogP contribution is 2.29. The lowest BCUT2D eigenvalue weighted by atomic mass is 10.0. The molecule has 4 N–H and O–H groups in total. The van der Waals surface area contributed by atoms with Crippen LogP contribution < -0.4 is 15.8 Å². The third kappa shape index (κ3) is 3.73. The van der Waals surface area contributed by atoms with Gasteiger partial charge < -0.3 is 15.6 Å². The van der Waals surface area contributed by atoms with Gasteiger partial charge >= 0.3 is 0 Å². The van der Waals surface area contributed by atoms with Gasteiger partial charge in [0.2, 0.25) is 5.91 Å². The van der Waals surface area contributed by atoms with Crippen molar-refractivity contribution in [2.45, 2.75) is 12.6 Å². The summed E-state index contributed by atoms with van der Waals surface area (Å²) in [7, 11) is 1.45. The van der Waals surface area contributed by atoms with Crippen LogP contribution in [0.5, 0.6) is 11.5 Å². The van der Waals surface area contributed by atoms with Crippen LogP contribution in [0.2, 0.25) is 0 Å². The molecule has 0 heterocycles. The van der Waals surface area contributed by atoms with Gasteiger partial charge in [0, 0.05) is 6.54 Å². The van der Waals surface area contributed by atoms with E-state index in [1.54, 1.807) is 12.1 Å². The Hall–Kier alpha value is -2.53. The first-order chi connectivity index (χ1) is 10.1. The van der Waals surface area contributed by atoms with Gasteiger partial charge in [0.05, 0.1) is 7.11 Å². The maximum absolute atomic E-state index is 11.7. The third-order valence-corrected chi connectivity index (χ3v) is 3.17. The number of hydrogen-bond donors (Lipinski definition) is 3. The Morgan fingerprint density at radius 3 is 2.62 bits per heavy atom. The molecule has 0 aliphatic heterocycles. The van der Waals surface area contributed by atoms with Crippen molar-refractivity contribution in [1.82, 2.24) is 5.32 Å². The Kier molecular flexibility index (Phi) is 4.79. The van der Waals surface area contributed by atoms with Crippen LogP contribution in [0, 0.1) is 0 Å². The third-order valence-electron chi connectivity index (χ3n) is 3.17. The molecule has 0 aliphatic rings. The second kappa shape index (κ2) is 6.76. The quantitative estimate of drug-likeness (QED) is 0.755. The second-order valence-corrected chi connectivity index (χ2v) is 4.63. The number of primary amides is 1. The molecule has 2 aromatic carbocycles. The van der Waals surface area contributed by atoms with E-state index >= 15 is 0 Å². The number of nitrogens with one attached hydrogen (secondary N) is 1. The van der Waals surface area contributed by atoms with Gasteiger partial charge in [0.25, 0.3) is 0 Å². The van der Waals surface area contributed by atoms with Crippen molar-refractivity contribution < 1.29 is 14.6 Å². The van der Waals surface area contributed by atoms with E-state index in [0.717, 1.165) is 5.56 Å². The molecule has 21 heavy (non-hydrogen) atoms. The standard InChI is InChI=1S/C16H18N2O3/c1-21-14-9-12(7-8-13(14)19)15(16(17)20)18-10-11-5-3-2-4-6-11/h2-9,15,18-19H,10H2,1H3,(H2,17,20). The molecular formula is C16H18N2O3. The fourth-order valence-corrected chi connectivity index (χ4v) is 2.07. The zero-order valence-corrected chi connectivity index (χ0v) is 11.7. The minimum absolute atomic E-state index is 0.0209. The van der Waals surface area contributed by atoms with Gasteiger partial charge in [-0.1, -0.05) is 36.4 Å². The molecule has 0 aromatic heterocycles. The molecule has 0 fully saturated rings. The maximum atomic E-state index is 11.7. The molecule has 110 valence electrons. The van der Waals surface area contributed by atoms with Crippen LogP contribution in [0.25, 0.3) is 0 Å². The summed E-state index contributed by atoms with van der Waals surface area (Å²) in [6.45, 7) is 0.512. The number of carbonyl (C=O) groups excluding carboxylic acids is 1. The fourth-order valence-electron chi connectivity index (χ4n) is 2.07. The van der Waals surface area contributed by atoms with Crippen molar-refractivity contribution in [1.29, 1.82) is 0 Å². The molecule has 0 radical (unpaired) electrons. The molecular weight excluding hydrogens is 268 g/mol. The van der Waals surface area contributed by atoms with Crippen LogP contribution in [0.3, 0.4) is 0 Å². The minimum Gasteiger partial charge on any atom is -0.504 e. The number of aromatic hydroxyl groups is 1. The first-order valence-electron chi connectivity index (χ1n) is 6.55. The molecule has 0 spiro atoms. The zero-order chi connectivity index (χ0) is 15.2. The summed E-state index contributed by atoms with van der Waals surface area (Å²) in [4.78, 5) is 11.7. The largest absolute Gasteiger partial charge is 0.504 e. The van der Waals surface area contributed by atoms with Crippen LogP contribution in [0.1, 0.15) is 17.2 Å². The number of carbonyl (C=O) groups is 1. The van der Waals surface area contributed by atoms with E-state index in [-0.39, 0.29) is 5.75 Å². The van der Waals surface area contributed by atoms with Gasteiger partial charge in [-0.15, -0.1) is 0 Å². The number of phenolic OH excluding ortho intramolecular Hbond substituents is 1. The van der Waals surface area contributed by atoms with Crippen molar-refractivity contribution in [3.8, 4) is 11.5 Å². The lowest BCUT2D eigenvalue weighted by molar-refractivity contribution is -0.120. The summed E-state index contributed by atoms with van der Waals surface area (Å²) < 4.78 is 5.05. The molecule has 5 nitrogen and oxygen atoms in total. The Labute approximate surface area is 123 Å². The predicted octanol–water partition coefficient (Wildman–Crippen LogP) is 1.72. The van der Waals surface area contributed by atoms with Gasteiger partial charge in [-0.3, -0.25) is 10.1 Å². The van der Waals surface area contributed by atoms with Crippen molar-refractivity contribution >= 4 is 5.91 Å². The Morgan fingerprint density at radius 2 is 2.00 bits per heavy atom. The van der Waals surface area contributed by atoms with Gasteiger partial charge in [0.15, 0.2) is 11.5 Å². The number of rotatable bonds is 6. The van der Waals surface area contributed by atoms with E-state index < -0.39 is 11.9 Å². The second-order valence-electron chi connectivity index (χ2n) is 4.63. The molecule has 2 rings (SSSR count). The molecule has 1 unspecified atom stereocenters. The molecule has 0 bridgehead atoms. The number of methoxy groups -OCH3 is 1. The van der Waals surface area contributed by atoms with E-state index in [4.69, 9.17) is 10.5 Å². The van der Waals surface area contributed by atoms with Gasteiger partial charge in [-0.2, -0.15) is 0 Å². The van der Waals surface area contributed by atoms with E-state index in [0.29, 0.717) is 17.9 Å². The number of benzene rings is 2. The first-order valence-corrected chi connectivity index (χ1v) is 6.55. The average Bonchev–Trinajstić information content (AvgIpc) is 2.49. The Balaban J connectivity index is 2.17. The average molecular weight is 286 g/mol. The van der Waals surface area contributed by atoms with Crippen molar-refractivity contribution in [2.75, 3.05) is 7.11 Å². The van der Waals surface area contributed by atoms with Crippen LogP contribution in [0.4, 0.5) is 0 Å².